The summed E-state index contributed by atoms with van der Waals surface area (Å²) in [5, 5.41) is 0. The third kappa shape index (κ3) is 3.97. The molecule has 1 fully saturated rings. The summed E-state index contributed by atoms with van der Waals surface area (Å²) in [6.07, 6.45) is 1.86. The van der Waals surface area contributed by atoms with Crippen LogP contribution in [0.3, 0.4) is 0 Å². The van der Waals surface area contributed by atoms with E-state index in [1.54, 1.807) is 18.2 Å². The predicted molar refractivity (Wildman–Crippen MR) is 84.1 cm³/mol. The number of hydrogen-bond donors (Lipinski definition) is 1. The molecule has 0 saturated carbocycles. The average Bonchev–Trinajstić information content (AvgIpc) is 2.53. The van der Waals surface area contributed by atoms with Gasteiger partial charge in [0.1, 0.15) is 0 Å². The van der Waals surface area contributed by atoms with Gasteiger partial charge in [-0.2, -0.15) is 0 Å². The molecule has 1 aliphatic heterocycles. The van der Waals surface area contributed by atoms with Crippen molar-refractivity contribution in [1.29, 1.82) is 0 Å². The summed E-state index contributed by atoms with van der Waals surface area (Å²) in [5.74, 6) is -0.0657. The van der Waals surface area contributed by atoms with Crippen LogP contribution in [-0.2, 0) is 4.79 Å². The molecular formula is C17H25FN2O2. The van der Waals surface area contributed by atoms with Crippen LogP contribution < -0.4 is 10.5 Å². The van der Waals surface area contributed by atoms with Crippen molar-refractivity contribution in [3.05, 3.63) is 30.1 Å². The monoisotopic (exact) mass is 308 g/mol. The van der Waals surface area contributed by atoms with Crippen molar-refractivity contribution in [2.45, 2.75) is 45.3 Å². The maximum Gasteiger partial charge on any atom is 0.263 e. The number of carbonyl (C=O) groups excluding carboxylic acids is 1. The Bertz CT molecular complexity index is 507. The molecule has 22 heavy (non-hydrogen) atoms. The molecule has 5 heteroatoms. The number of carbonyl (C=O) groups is 1. The van der Waals surface area contributed by atoms with E-state index in [9.17, 15) is 9.18 Å². The summed E-state index contributed by atoms with van der Waals surface area (Å²) in [5.41, 5.74) is 5.96. The van der Waals surface area contributed by atoms with Crippen LogP contribution in [0.1, 0.15) is 33.1 Å². The molecule has 3 atom stereocenters. The largest absolute Gasteiger partial charge is 0.478 e. The predicted octanol–water partition coefficient (Wildman–Crippen LogP) is 2.57. The average molecular weight is 308 g/mol. The summed E-state index contributed by atoms with van der Waals surface area (Å²) in [7, 11) is 0. The van der Waals surface area contributed by atoms with Crippen molar-refractivity contribution < 1.29 is 13.9 Å². The normalized spacial score (nSPS) is 21.3. The van der Waals surface area contributed by atoms with Gasteiger partial charge in [-0.3, -0.25) is 4.79 Å². The van der Waals surface area contributed by atoms with Crippen molar-refractivity contribution in [3.8, 4) is 5.75 Å². The van der Waals surface area contributed by atoms with E-state index >= 15 is 0 Å². The molecule has 122 valence electrons. The van der Waals surface area contributed by atoms with Gasteiger partial charge in [-0.15, -0.1) is 0 Å². The first-order chi connectivity index (χ1) is 10.5. The minimum absolute atomic E-state index is 0.0724. The van der Waals surface area contributed by atoms with Gasteiger partial charge in [0.25, 0.3) is 5.91 Å². The van der Waals surface area contributed by atoms with Crippen LogP contribution in [-0.4, -0.2) is 36.0 Å². The topological polar surface area (TPSA) is 55.6 Å². The first-order valence-corrected chi connectivity index (χ1v) is 7.98. The number of nitrogens with two attached hydrogens (primary N) is 1. The lowest BCUT2D eigenvalue weighted by atomic mass is 9.92. The van der Waals surface area contributed by atoms with Gasteiger partial charge in [0.15, 0.2) is 17.7 Å². The molecule has 0 bridgehead atoms. The fourth-order valence-electron chi connectivity index (χ4n) is 2.84. The molecule has 3 unspecified atom stereocenters. The van der Waals surface area contributed by atoms with Gasteiger partial charge >= 0.3 is 0 Å². The zero-order valence-corrected chi connectivity index (χ0v) is 13.3. The van der Waals surface area contributed by atoms with Gasteiger partial charge in [-0.1, -0.05) is 19.1 Å². The SMILES string of the molecule is CCC(Oc1ccccc1F)C(=O)N1CCCC(C(C)N)C1. The molecule has 1 aromatic carbocycles. The molecule has 1 aromatic rings. The van der Waals surface area contributed by atoms with Crippen molar-refractivity contribution in [3.63, 3.8) is 0 Å². The van der Waals surface area contributed by atoms with Crippen LogP contribution in [0.5, 0.6) is 5.75 Å². The first-order valence-electron chi connectivity index (χ1n) is 7.98. The van der Waals surface area contributed by atoms with Crippen molar-refractivity contribution >= 4 is 5.91 Å². The molecule has 1 heterocycles. The Balaban J connectivity index is 2.04. The summed E-state index contributed by atoms with van der Waals surface area (Å²) in [6, 6.07) is 6.25. The second-order valence-corrected chi connectivity index (χ2v) is 5.99. The standard InChI is InChI=1S/C17H25FN2O2/c1-3-15(22-16-9-5-4-8-14(16)18)17(21)20-10-6-7-13(11-20)12(2)19/h4-5,8-9,12-13,15H,3,6-7,10-11,19H2,1-2H3. The van der Waals surface area contributed by atoms with Gasteiger partial charge in [0.05, 0.1) is 0 Å². The zero-order valence-electron chi connectivity index (χ0n) is 13.3. The molecule has 4 nitrogen and oxygen atoms in total. The molecule has 1 aliphatic rings. The number of amides is 1. The Hall–Kier alpha value is -1.62. The van der Waals surface area contributed by atoms with Crippen LogP contribution in [0.15, 0.2) is 24.3 Å². The fourth-order valence-corrected chi connectivity index (χ4v) is 2.84. The second kappa shape index (κ2) is 7.58. The number of halogens is 1. The Labute approximate surface area is 131 Å². The number of para-hydroxylation sites is 1. The minimum Gasteiger partial charge on any atom is -0.478 e. The van der Waals surface area contributed by atoms with Crippen molar-refractivity contribution in [1.82, 2.24) is 4.90 Å². The number of likely N-dealkylation sites (tertiary alicyclic amines) is 1. The summed E-state index contributed by atoms with van der Waals surface area (Å²) >= 11 is 0. The Morgan fingerprint density at radius 1 is 1.50 bits per heavy atom. The molecule has 1 amide bonds. The number of nitrogens with zero attached hydrogens (tertiary/aromatic N) is 1. The lowest BCUT2D eigenvalue weighted by molar-refractivity contribution is -0.140. The van der Waals surface area contributed by atoms with E-state index in [-0.39, 0.29) is 17.7 Å². The Morgan fingerprint density at radius 2 is 2.23 bits per heavy atom. The maximum atomic E-state index is 13.7. The van der Waals surface area contributed by atoms with E-state index in [1.165, 1.54) is 6.07 Å². The maximum absolute atomic E-state index is 13.7. The van der Waals surface area contributed by atoms with Gasteiger partial charge in [0.2, 0.25) is 0 Å². The van der Waals surface area contributed by atoms with E-state index in [0.29, 0.717) is 18.9 Å². The molecule has 2 rings (SSSR count). The number of benzene rings is 1. The van der Waals surface area contributed by atoms with Crippen LogP contribution >= 0.6 is 0 Å². The van der Waals surface area contributed by atoms with Gasteiger partial charge in [0, 0.05) is 19.1 Å². The highest BCUT2D eigenvalue weighted by Crippen LogP contribution is 2.22. The zero-order chi connectivity index (χ0) is 16.1. The highest BCUT2D eigenvalue weighted by Gasteiger charge is 2.30. The second-order valence-electron chi connectivity index (χ2n) is 5.99. The summed E-state index contributed by atoms with van der Waals surface area (Å²) in [4.78, 5) is 14.5. The number of piperidine rings is 1. The molecule has 0 aromatic heterocycles. The van der Waals surface area contributed by atoms with Crippen LogP contribution in [0, 0.1) is 11.7 Å². The van der Waals surface area contributed by atoms with Crippen LogP contribution in [0.2, 0.25) is 0 Å². The molecule has 0 radical (unpaired) electrons. The third-order valence-corrected chi connectivity index (χ3v) is 4.27. The van der Waals surface area contributed by atoms with E-state index in [0.717, 1.165) is 19.4 Å². The number of rotatable bonds is 5. The fraction of sp³-hybridized carbons (Fsp3) is 0.588. The van der Waals surface area contributed by atoms with Crippen LogP contribution in [0.25, 0.3) is 0 Å². The lowest BCUT2D eigenvalue weighted by Crippen LogP contribution is -2.49. The molecule has 2 N–H and O–H groups in total. The van der Waals surface area contributed by atoms with E-state index in [2.05, 4.69) is 0 Å². The molecular weight excluding hydrogens is 283 g/mol. The Morgan fingerprint density at radius 3 is 2.86 bits per heavy atom. The van der Waals surface area contributed by atoms with Crippen LogP contribution in [0.4, 0.5) is 4.39 Å². The first kappa shape index (κ1) is 16.7. The molecule has 1 saturated heterocycles. The molecule has 0 aliphatic carbocycles. The Kier molecular flexibility index (Phi) is 5.77. The highest BCUT2D eigenvalue weighted by atomic mass is 19.1. The summed E-state index contributed by atoms with van der Waals surface area (Å²) in [6.45, 7) is 5.23. The minimum atomic E-state index is -0.649. The number of ether oxygens (including phenoxy) is 1. The number of hydrogen-bond acceptors (Lipinski definition) is 3. The van der Waals surface area contributed by atoms with Crippen molar-refractivity contribution in [2.24, 2.45) is 11.7 Å². The molecule has 0 spiro atoms. The van der Waals surface area contributed by atoms with Gasteiger partial charge in [-0.05, 0) is 44.2 Å². The van der Waals surface area contributed by atoms with E-state index in [1.807, 2.05) is 18.7 Å². The van der Waals surface area contributed by atoms with Crippen molar-refractivity contribution in [2.75, 3.05) is 13.1 Å². The highest BCUT2D eigenvalue weighted by molar-refractivity contribution is 5.81. The van der Waals surface area contributed by atoms with E-state index in [4.69, 9.17) is 10.5 Å². The third-order valence-electron chi connectivity index (χ3n) is 4.27. The summed E-state index contributed by atoms with van der Waals surface area (Å²) < 4.78 is 19.3. The van der Waals surface area contributed by atoms with Gasteiger partial charge < -0.3 is 15.4 Å². The lowest BCUT2D eigenvalue weighted by Gasteiger charge is -2.36. The van der Waals surface area contributed by atoms with E-state index < -0.39 is 11.9 Å². The van der Waals surface area contributed by atoms with Gasteiger partial charge in [-0.25, -0.2) is 4.39 Å². The smallest absolute Gasteiger partial charge is 0.263 e. The quantitative estimate of drug-likeness (QED) is 0.909.